The fourth-order valence-electron chi connectivity index (χ4n) is 7.48. The fraction of sp³-hybridized carbons (Fsp3) is 0.286. The zero-order chi connectivity index (χ0) is 32.8. The Hall–Kier alpha value is -4.68. The molecule has 3 aromatic heterocycles. The molecule has 0 spiro atoms. The van der Waals surface area contributed by atoms with Crippen LogP contribution in [0.3, 0.4) is 0 Å². The van der Waals surface area contributed by atoms with Crippen LogP contribution >= 0.6 is 11.3 Å². The van der Waals surface area contributed by atoms with E-state index in [2.05, 4.69) is 88.3 Å². The maximum Gasteiger partial charge on any atom is 0.304 e. The summed E-state index contributed by atoms with van der Waals surface area (Å²) >= 11 is 1.60. The van der Waals surface area contributed by atoms with E-state index in [1.807, 2.05) is 36.5 Å². The number of nitrogens with one attached hydrogen (secondary N) is 2. The molecule has 3 aromatic carbocycles. The molecule has 0 bridgehead atoms. The Labute approximate surface area is 287 Å². The SMILES string of the molecule is O=C(O)CC(Cc1ccccc1)(Cc1nc(-c2ccc(-c3cc(CCc4ccc(C5CCCCC5)cc4)c[nH]3)cc2)cs1)c1ccc[nH]1. The molecule has 7 rings (SSSR count). The Morgan fingerprint density at radius 2 is 1.54 bits per heavy atom. The van der Waals surface area contributed by atoms with Crippen LogP contribution in [0.1, 0.15) is 77.4 Å². The first kappa shape index (κ1) is 31.9. The second-order valence-electron chi connectivity index (χ2n) is 13.5. The lowest BCUT2D eigenvalue weighted by atomic mass is 9.73. The molecule has 0 radical (unpaired) electrons. The number of aromatic nitrogens is 3. The standard InChI is InChI=1S/C42H43N3O2S/c46-41(47)27-42(39-12-7-23-43-39,25-31-8-3-1-4-9-31)26-40-45-38(29-48-40)36-21-19-35(20-22-36)37-24-32(28-44-37)14-13-30-15-17-34(18-16-30)33-10-5-2-6-11-33/h1,3-4,7-9,12,15-24,28-29,33,43-44H,2,5-6,10-11,13-14,25-27H2,(H,46,47). The summed E-state index contributed by atoms with van der Waals surface area (Å²) in [6, 6.07) is 34.3. The normalized spacial score (nSPS) is 14.9. The maximum atomic E-state index is 12.2. The first-order chi connectivity index (χ1) is 23.5. The number of H-pyrrole nitrogens is 2. The topological polar surface area (TPSA) is 81.8 Å². The molecule has 6 heteroatoms. The third-order valence-corrected chi connectivity index (χ3v) is 10.9. The molecule has 0 aliphatic heterocycles. The second-order valence-corrected chi connectivity index (χ2v) is 14.4. The predicted octanol–water partition coefficient (Wildman–Crippen LogP) is 10.2. The molecule has 5 nitrogen and oxygen atoms in total. The van der Waals surface area contributed by atoms with Crippen LogP contribution in [0.4, 0.5) is 0 Å². The Balaban J connectivity index is 1.01. The highest BCUT2D eigenvalue weighted by Crippen LogP contribution is 2.37. The lowest BCUT2D eigenvalue weighted by molar-refractivity contribution is -0.138. The van der Waals surface area contributed by atoms with E-state index in [1.54, 1.807) is 11.3 Å². The summed E-state index contributed by atoms with van der Waals surface area (Å²) in [6.07, 6.45) is 14.0. The van der Waals surface area contributed by atoms with Crippen molar-refractivity contribution in [2.45, 2.75) is 75.5 Å². The van der Waals surface area contributed by atoms with Gasteiger partial charge < -0.3 is 15.1 Å². The van der Waals surface area contributed by atoms with Crippen LogP contribution in [0, 0.1) is 0 Å². The minimum Gasteiger partial charge on any atom is -0.481 e. The van der Waals surface area contributed by atoms with E-state index in [0.717, 1.165) is 57.5 Å². The minimum atomic E-state index is -0.816. The second kappa shape index (κ2) is 14.6. The number of hydrogen-bond donors (Lipinski definition) is 3. The highest BCUT2D eigenvalue weighted by molar-refractivity contribution is 7.10. The van der Waals surface area contributed by atoms with E-state index in [4.69, 9.17) is 4.98 Å². The maximum absolute atomic E-state index is 12.2. The van der Waals surface area contributed by atoms with Gasteiger partial charge >= 0.3 is 5.97 Å². The molecule has 1 saturated carbocycles. The summed E-state index contributed by atoms with van der Waals surface area (Å²) in [7, 11) is 0. The summed E-state index contributed by atoms with van der Waals surface area (Å²) < 4.78 is 0. The van der Waals surface area contributed by atoms with Crippen molar-refractivity contribution in [2.75, 3.05) is 0 Å². The Morgan fingerprint density at radius 3 is 2.27 bits per heavy atom. The average molecular weight is 654 g/mol. The van der Waals surface area contributed by atoms with E-state index >= 15 is 0 Å². The Morgan fingerprint density at radius 1 is 0.792 bits per heavy atom. The van der Waals surface area contributed by atoms with E-state index in [-0.39, 0.29) is 6.42 Å². The van der Waals surface area contributed by atoms with Gasteiger partial charge in [0.2, 0.25) is 0 Å². The summed E-state index contributed by atoms with van der Waals surface area (Å²) in [5, 5.41) is 13.0. The number of carboxylic acid groups (broad SMARTS) is 1. The number of thiazole rings is 1. The van der Waals surface area contributed by atoms with Gasteiger partial charge in [0.15, 0.2) is 0 Å². The summed E-state index contributed by atoms with van der Waals surface area (Å²) in [6.45, 7) is 0. The van der Waals surface area contributed by atoms with Gasteiger partial charge in [0.25, 0.3) is 0 Å². The average Bonchev–Trinajstić information content (AvgIpc) is 3.92. The summed E-state index contributed by atoms with van der Waals surface area (Å²) in [5.74, 6) is -0.0594. The van der Waals surface area contributed by atoms with Gasteiger partial charge in [0, 0.05) is 46.6 Å². The number of aromatic amines is 2. The quantitative estimate of drug-likeness (QED) is 0.116. The third kappa shape index (κ3) is 7.55. The number of carbonyl (C=O) groups is 1. The molecule has 1 unspecified atom stereocenters. The van der Waals surface area contributed by atoms with Gasteiger partial charge in [-0.25, -0.2) is 4.98 Å². The number of rotatable bonds is 13. The van der Waals surface area contributed by atoms with Gasteiger partial charge in [-0.1, -0.05) is 98.1 Å². The number of aryl methyl sites for hydroxylation is 2. The van der Waals surface area contributed by atoms with E-state index < -0.39 is 11.4 Å². The van der Waals surface area contributed by atoms with Gasteiger partial charge in [-0.2, -0.15) is 0 Å². The lowest BCUT2D eigenvalue weighted by Gasteiger charge is -2.31. The molecule has 1 fully saturated rings. The van der Waals surface area contributed by atoms with Crippen molar-refractivity contribution < 1.29 is 9.90 Å². The minimum absolute atomic E-state index is 0.0108. The smallest absolute Gasteiger partial charge is 0.304 e. The van der Waals surface area contributed by atoms with Gasteiger partial charge in [-0.15, -0.1) is 11.3 Å². The summed E-state index contributed by atoms with van der Waals surface area (Å²) in [5.41, 5.74) is 9.86. The number of nitrogens with zero attached hydrogens (tertiary/aromatic N) is 1. The van der Waals surface area contributed by atoms with Gasteiger partial charge in [0.1, 0.15) is 0 Å². The largest absolute Gasteiger partial charge is 0.481 e. The molecule has 244 valence electrons. The monoisotopic (exact) mass is 653 g/mol. The van der Waals surface area contributed by atoms with Crippen molar-refractivity contribution in [3.8, 4) is 22.5 Å². The van der Waals surface area contributed by atoms with Crippen LogP contribution in [0.2, 0.25) is 0 Å². The first-order valence-electron chi connectivity index (χ1n) is 17.2. The van der Waals surface area contributed by atoms with Crippen molar-refractivity contribution in [1.82, 2.24) is 15.0 Å². The molecular weight excluding hydrogens is 611 g/mol. The van der Waals surface area contributed by atoms with Crippen molar-refractivity contribution in [2.24, 2.45) is 0 Å². The highest BCUT2D eigenvalue weighted by Gasteiger charge is 2.37. The van der Waals surface area contributed by atoms with Crippen molar-refractivity contribution in [3.63, 3.8) is 0 Å². The van der Waals surface area contributed by atoms with Crippen LogP contribution in [-0.2, 0) is 35.9 Å². The Kier molecular flexibility index (Phi) is 9.71. The number of benzene rings is 3. The molecule has 0 saturated heterocycles. The zero-order valence-electron chi connectivity index (χ0n) is 27.3. The number of hydrogen-bond acceptors (Lipinski definition) is 3. The predicted molar refractivity (Wildman–Crippen MR) is 196 cm³/mol. The highest BCUT2D eigenvalue weighted by atomic mass is 32.1. The molecular formula is C42H43N3O2S. The molecule has 6 aromatic rings. The van der Waals surface area contributed by atoms with Crippen molar-refractivity contribution in [1.29, 1.82) is 0 Å². The van der Waals surface area contributed by atoms with Crippen LogP contribution in [0.5, 0.6) is 0 Å². The third-order valence-electron chi connectivity index (χ3n) is 10.1. The molecule has 1 aliphatic rings. The van der Waals surface area contributed by atoms with Crippen LogP contribution < -0.4 is 0 Å². The first-order valence-corrected chi connectivity index (χ1v) is 18.1. The number of aliphatic carboxylic acids is 1. The van der Waals surface area contributed by atoms with Gasteiger partial charge in [-0.3, -0.25) is 4.79 Å². The molecule has 1 aliphatic carbocycles. The lowest BCUT2D eigenvalue weighted by Crippen LogP contribution is -2.35. The van der Waals surface area contributed by atoms with E-state index in [1.165, 1.54) is 48.8 Å². The molecule has 1 atom stereocenters. The molecule has 48 heavy (non-hydrogen) atoms. The molecule has 3 N–H and O–H groups in total. The van der Waals surface area contributed by atoms with E-state index in [0.29, 0.717) is 12.8 Å². The summed E-state index contributed by atoms with van der Waals surface area (Å²) in [4.78, 5) is 24.0. The van der Waals surface area contributed by atoms with Crippen LogP contribution in [-0.4, -0.2) is 26.0 Å². The zero-order valence-corrected chi connectivity index (χ0v) is 28.1. The van der Waals surface area contributed by atoms with Crippen LogP contribution in [0.25, 0.3) is 22.5 Å². The Bertz CT molecular complexity index is 1900. The fourth-order valence-corrected chi connectivity index (χ4v) is 8.42. The van der Waals surface area contributed by atoms with Gasteiger partial charge in [-0.05, 0) is 84.0 Å². The van der Waals surface area contributed by atoms with Gasteiger partial charge in [0.05, 0.1) is 17.1 Å². The van der Waals surface area contributed by atoms with Crippen molar-refractivity contribution in [3.05, 3.63) is 148 Å². The number of carboxylic acids is 1. The molecule has 3 heterocycles. The van der Waals surface area contributed by atoms with Crippen LogP contribution in [0.15, 0.2) is 115 Å². The van der Waals surface area contributed by atoms with E-state index in [9.17, 15) is 9.90 Å². The molecule has 0 amide bonds. The van der Waals surface area contributed by atoms with Crippen molar-refractivity contribution >= 4 is 17.3 Å².